The van der Waals surface area contributed by atoms with Crippen LogP contribution in [0, 0.1) is 5.82 Å². The number of ether oxygens (including phenoxy) is 1. The number of hydrogen-bond acceptors (Lipinski definition) is 2. The summed E-state index contributed by atoms with van der Waals surface area (Å²) in [7, 11) is 0. The molecule has 0 fully saturated rings. The molecule has 0 aliphatic heterocycles. The summed E-state index contributed by atoms with van der Waals surface area (Å²) in [5.41, 5.74) is 6.89. The minimum atomic E-state index is -0.217. The largest absolute Gasteiger partial charge is 0.377 e. The fourth-order valence-corrected chi connectivity index (χ4v) is 2.00. The molecule has 0 saturated heterocycles. The molecule has 0 aliphatic rings. The summed E-state index contributed by atoms with van der Waals surface area (Å²) in [4.78, 5) is 0. The Kier molecular flexibility index (Phi) is 8.43. The summed E-state index contributed by atoms with van der Waals surface area (Å²) in [5, 5.41) is 0. The summed E-state index contributed by atoms with van der Waals surface area (Å²) < 4.78 is 19.1. The zero-order valence-corrected chi connectivity index (χ0v) is 12.0. The number of rotatable bonds is 10. The second-order valence-electron chi connectivity index (χ2n) is 4.95. The lowest BCUT2D eigenvalue weighted by atomic mass is 10.1. The van der Waals surface area contributed by atoms with E-state index in [2.05, 4.69) is 6.92 Å². The molecule has 0 atom stereocenters. The fraction of sp³-hybridized carbons (Fsp3) is 0.625. The van der Waals surface area contributed by atoms with Gasteiger partial charge in [-0.25, -0.2) is 4.39 Å². The Morgan fingerprint density at radius 1 is 1.11 bits per heavy atom. The highest BCUT2D eigenvalue weighted by Crippen LogP contribution is 2.12. The van der Waals surface area contributed by atoms with Gasteiger partial charge in [0.25, 0.3) is 0 Å². The van der Waals surface area contributed by atoms with E-state index < -0.39 is 0 Å². The Labute approximate surface area is 116 Å². The summed E-state index contributed by atoms with van der Waals surface area (Å²) >= 11 is 0. The van der Waals surface area contributed by atoms with Crippen LogP contribution in [0.3, 0.4) is 0 Å². The van der Waals surface area contributed by atoms with Crippen molar-refractivity contribution in [1.82, 2.24) is 0 Å². The van der Waals surface area contributed by atoms with E-state index >= 15 is 0 Å². The average Bonchev–Trinajstić information content (AvgIpc) is 2.43. The molecule has 1 rings (SSSR count). The summed E-state index contributed by atoms with van der Waals surface area (Å²) in [6, 6.07) is 5.11. The van der Waals surface area contributed by atoms with Gasteiger partial charge in [-0.1, -0.05) is 51.2 Å². The predicted molar refractivity (Wildman–Crippen MR) is 77.3 cm³/mol. The molecule has 0 bridgehead atoms. The lowest BCUT2D eigenvalue weighted by molar-refractivity contribution is 0.114. The summed E-state index contributed by atoms with van der Waals surface area (Å²) in [6.45, 7) is 3.65. The Morgan fingerprint density at radius 3 is 2.53 bits per heavy atom. The van der Waals surface area contributed by atoms with Gasteiger partial charge >= 0.3 is 0 Å². The van der Waals surface area contributed by atoms with Crippen LogP contribution in [0.4, 0.5) is 4.39 Å². The van der Waals surface area contributed by atoms with Crippen molar-refractivity contribution in [3.63, 3.8) is 0 Å². The number of unbranched alkanes of at least 4 members (excludes halogenated alkanes) is 5. The van der Waals surface area contributed by atoms with Crippen LogP contribution in [0.5, 0.6) is 0 Å². The Bertz CT molecular complexity index is 355. The minimum absolute atomic E-state index is 0.217. The molecule has 2 N–H and O–H groups in total. The lowest BCUT2D eigenvalue weighted by Gasteiger charge is -2.07. The molecule has 0 aliphatic carbocycles. The van der Waals surface area contributed by atoms with E-state index in [1.165, 1.54) is 38.2 Å². The third kappa shape index (κ3) is 6.69. The third-order valence-electron chi connectivity index (χ3n) is 3.25. The van der Waals surface area contributed by atoms with Gasteiger partial charge < -0.3 is 10.5 Å². The van der Waals surface area contributed by atoms with Crippen LogP contribution in [-0.4, -0.2) is 6.61 Å². The van der Waals surface area contributed by atoms with Crippen molar-refractivity contribution in [2.45, 2.75) is 58.6 Å². The van der Waals surface area contributed by atoms with Gasteiger partial charge in [0.15, 0.2) is 0 Å². The number of hydrogen-bond donors (Lipinski definition) is 1. The first-order chi connectivity index (χ1) is 9.27. The first-order valence-corrected chi connectivity index (χ1v) is 7.33. The van der Waals surface area contributed by atoms with Crippen molar-refractivity contribution in [2.24, 2.45) is 5.73 Å². The van der Waals surface area contributed by atoms with Gasteiger partial charge in [-0.2, -0.15) is 0 Å². The molecule has 2 nitrogen and oxygen atoms in total. The van der Waals surface area contributed by atoms with Crippen molar-refractivity contribution >= 4 is 0 Å². The molecule has 0 radical (unpaired) electrons. The molecule has 3 heteroatoms. The van der Waals surface area contributed by atoms with Crippen LogP contribution >= 0.6 is 0 Å². The van der Waals surface area contributed by atoms with E-state index in [-0.39, 0.29) is 5.82 Å². The standard InChI is InChI=1S/C16H26FNO/c1-2-3-4-5-6-7-10-19-13-15-9-8-14(12-18)11-16(15)17/h8-9,11H,2-7,10,12-13,18H2,1H3. The summed E-state index contributed by atoms with van der Waals surface area (Å²) in [5.74, 6) is -0.217. The fourth-order valence-electron chi connectivity index (χ4n) is 2.00. The molecule has 108 valence electrons. The zero-order chi connectivity index (χ0) is 13.9. The van der Waals surface area contributed by atoms with Crippen LogP contribution in [0.25, 0.3) is 0 Å². The number of benzene rings is 1. The second-order valence-corrected chi connectivity index (χ2v) is 4.95. The van der Waals surface area contributed by atoms with E-state index in [4.69, 9.17) is 10.5 Å². The van der Waals surface area contributed by atoms with E-state index in [0.29, 0.717) is 25.3 Å². The normalized spacial score (nSPS) is 10.9. The topological polar surface area (TPSA) is 35.2 Å². The maximum absolute atomic E-state index is 13.6. The SMILES string of the molecule is CCCCCCCCOCc1ccc(CN)cc1F. The first kappa shape index (κ1) is 16.1. The van der Waals surface area contributed by atoms with E-state index in [1.807, 2.05) is 6.07 Å². The van der Waals surface area contributed by atoms with E-state index in [1.54, 1.807) is 6.07 Å². The van der Waals surface area contributed by atoms with Crippen molar-refractivity contribution in [2.75, 3.05) is 6.61 Å². The van der Waals surface area contributed by atoms with Gasteiger partial charge in [0, 0.05) is 18.7 Å². The van der Waals surface area contributed by atoms with Crippen LogP contribution in [0.2, 0.25) is 0 Å². The molecular formula is C16H26FNO. The Morgan fingerprint density at radius 2 is 1.84 bits per heavy atom. The van der Waals surface area contributed by atoms with Crippen molar-refractivity contribution < 1.29 is 9.13 Å². The molecule has 0 spiro atoms. The third-order valence-corrected chi connectivity index (χ3v) is 3.25. The number of nitrogens with two attached hydrogens (primary N) is 1. The van der Waals surface area contributed by atoms with Crippen LogP contribution in [-0.2, 0) is 17.9 Å². The molecule has 0 unspecified atom stereocenters. The maximum atomic E-state index is 13.6. The molecule has 1 aromatic rings. The van der Waals surface area contributed by atoms with Crippen LogP contribution < -0.4 is 5.73 Å². The summed E-state index contributed by atoms with van der Waals surface area (Å²) in [6.07, 6.45) is 7.44. The highest BCUT2D eigenvalue weighted by molar-refractivity contribution is 5.23. The second kappa shape index (κ2) is 9.93. The van der Waals surface area contributed by atoms with Gasteiger partial charge in [0.2, 0.25) is 0 Å². The van der Waals surface area contributed by atoms with E-state index in [9.17, 15) is 4.39 Å². The van der Waals surface area contributed by atoms with Crippen molar-refractivity contribution in [3.05, 3.63) is 35.1 Å². The lowest BCUT2D eigenvalue weighted by Crippen LogP contribution is -2.01. The van der Waals surface area contributed by atoms with E-state index in [0.717, 1.165) is 12.0 Å². The van der Waals surface area contributed by atoms with Crippen LogP contribution in [0.15, 0.2) is 18.2 Å². The zero-order valence-electron chi connectivity index (χ0n) is 12.0. The van der Waals surface area contributed by atoms with Gasteiger partial charge in [0.1, 0.15) is 5.82 Å². The quantitative estimate of drug-likeness (QED) is 0.646. The first-order valence-electron chi connectivity index (χ1n) is 7.33. The number of halogens is 1. The molecule has 1 aromatic carbocycles. The molecule has 19 heavy (non-hydrogen) atoms. The van der Waals surface area contributed by atoms with Crippen LogP contribution in [0.1, 0.15) is 56.6 Å². The van der Waals surface area contributed by atoms with Gasteiger partial charge in [-0.05, 0) is 18.1 Å². The molecule has 0 saturated carbocycles. The van der Waals surface area contributed by atoms with Gasteiger partial charge in [-0.15, -0.1) is 0 Å². The highest BCUT2D eigenvalue weighted by Gasteiger charge is 2.03. The monoisotopic (exact) mass is 267 g/mol. The Balaban J connectivity index is 2.12. The average molecular weight is 267 g/mol. The highest BCUT2D eigenvalue weighted by atomic mass is 19.1. The van der Waals surface area contributed by atoms with Crippen molar-refractivity contribution in [3.8, 4) is 0 Å². The van der Waals surface area contributed by atoms with Gasteiger partial charge in [-0.3, -0.25) is 0 Å². The maximum Gasteiger partial charge on any atom is 0.129 e. The molecule has 0 aromatic heterocycles. The molecule has 0 heterocycles. The molecule has 0 amide bonds. The molecular weight excluding hydrogens is 241 g/mol. The Hall–Kier alpha value is -0.930. The smallest absolute Gasteiger partial charge is 0.129 e. The minimum Gasteiger partial charge on any atom is -0.377 e. The van der Waals surface area contributed by atoms with Crippen molar-refractivity contribution in [1.29, 1.82) is 0 Å². The predicted octanol–water partition coefficient (Wildman–Crippen LogP) is 4.16. The van der Waals surface area contributed by atoms with Gasteiger partial charge in [0.05, 0.1) is 6.61 Å².